The Kier molecular flexibility index (Phi) is 3.06. The molecule has 1 fully saturated rings. The highest BCUT2D eigenvalue weighted by molar-refractivity contribution is 9.10. The van der Waals surface area contributed by atoms with Gasteiger partial charge in [0.2, 0.25) is 0 Å². The van der Waals surface area contributed by atoms with Crippen molar-refractivity contribution >= 4 is 26.8 Å². The maximum Gasteiger partial charge on any atom is 0.438 e. The Bertz CT molecular complexity index is 957. The number of nitrogens with zero attached hydrogens (tertiary/aromatic N) is 2. The lowest BCUT2D eigenvalue weighted by Crippen LogP contribution is -2.26. The summed E-state index contributed by atoms with van der Waals surface area (Å²) in [7, 11) is 0. The first-order chi connectivity index (χ1) is 10.9. The van der Waals surface area contributed by atoms with Gasteiger partial charge in [0, 0.05) is 15.4 Å². The minimum atomic E-state index is -1.63. The Balaban J connectivity index is 2.04. The molecular formula is C15H14BrN3O4. The molecule has 0 spiro atoms. The topological polar surface area (TPSA) is 104 Å². The van der Waals surface area contributed by atoms with Gasteiger partial charge in [0.1, 0.15) is 5.54 Å². The molecule has 2 heterocycles. The second-order valence-electron chi connectivity index (χ2n) is 5.95. The summed E-state index contributed by atoms with van der Waals surface area (Å²) in [5.74, 6) is -0.0545. The molecule has 0 bridgehead atoms. The molecule has 3 aromatic rings. The van der Waals surface area contributed by atoms with Crippen molar-refractivity contribution in [3.8, 4) is 0 Å². The Hall–Kier alpha value is -1.90. The van der Waals surface area contributed by atoms with Crippen LogP contribution in [-0.4, -0.2) is 24.9 Å². The van der Waals surface area contributed by atoms with E-state index in [-0.39, 0.29) is 5.92 Å². The molecule has 0 aliphatic heterocycles. The van der Waals surface area contributed by atoms with E-state index in [1.165, 1.54) is 0 Å². The highest BCUT2D eigenvalue weighted by atomic mass is 79.9. The van der Waals surface area contributed by atoms with Crippen LogP contribution >= 0.6 is 15.9 Å². The Labute approximate surface area is 138 Å². The van der Waals surface area contributed by atoms with Crippen molar-refractivity contribution in [2.24, 2.45) is 5.92 Å². The Morgan fingerprint density at radius 2 is 2.22 bits per heavy atom. The van der Waals surface area contributed by atoms with Crippen LogP contribution in [0.2, 0.25) is 0 Å². The fourth-order valence-electron chi connectivity index (χ4n) is 3.42. The summed E-state index contributed by atoms with van der Waals surface area (Å²) >= 11 is 3.42. The molecule has 23 heavy (non-hydrogen) atoms. The molecule has 2 aromatic heterocycles. The molecule has 8 heteroatoms. The van der Waals surface area contributed by atoms with Gasteiger partial charge in [-0.3, -0.25) is 9.51 Å². The predicted molar refractivity (Wildman–Crippen MR) is 84.8 cm³/mol. The number of hydrogen-bond acceptors (Lipinski definition) is 5. The third kappa shape index (κ3) is 2.02. The number of aliphatic hydroxyl groups excluding tert-OH is 1. The normalized spacial score (nSPS) is 23.8. The Morgan fingerprint density at radius 1 is 1.48 bits per heavy atom. The number of aromatic nitrogens is 3. The van der Waals surface area contributed by atoms with Gasteiger partial charge in [0.15, 0.2) is 12.1 Å². The lowest BCUT2D eigenvalue weighted by molar-refractivity contribution is -0.0490. The standard InChI is InChI=1S/C15H14BrN3O4/c1-7-6-15(7,13-17-14(22)23-18-13)19-10-3-2-9(16)4-8(10)5-11(19)12(20)21/h2-5,7,12,20-21H,6H2,1H3,(H,17,18,22)/t7?,15-/m0/s1. The minimum Gasteiger partial charge on any atom is -0.363 e. The molecule has 0 radical (unpaired) electrons. The second kappa shape index (κ2) is 4.80. The lowest BCUT2D eigenvalue weighted by atomic mass is 10.1. The van der Waals surface area contributed by atoms with Gasteiger partial charge in [-0.1, -0.05) is 28.0 Å². The van der Waals surface area contributed by atoms with E-state index in [9.17, 15) is 15.0 Å². The van der Waals surface area contributed by atoms with Gasteiger partial charge in [-0.2, -0.15) is 0 Å². The molecule has 0 saturated heterocycles. The second-order valence-corrected chi connectivity index (χ2v) is 6.87. The van der Waals surface area contributed by atoms with Gasteiger partial charge in [0.05, 0.1) is 5.69 Å². The van der Waals surface area contributed by atoms with Crippen molar-refractivity contribution in [1.82, 2.24) is 14.7 Å². The number of aliphatic hydroxyl groups is 2. The summed E-state index contributed by atoms with van der Waals surface area (Å²) in [6, 6.07) is 7.43. The number of halogens is 1. The molecule has 1 aromatic carbocycles. The number of H-pyrrole nitrogens is 1. The number of benzene rings is 1. The van der Waals surface area contributed by atoms with Crippen LogP contribution < -0.4 is 5.76 Å². The average Bonchev–Trinajstić information content (AvgIpc) is 2.87. The smallest absolute Gasteiger partial charge is 0.363 e. The van der Waals surface area contributed by atoms with E-state index in [4.69, 9.17) is 0 Å². The highest BCUT2D eigenvalue weighted by Gasteiger charge is 2.58. The van der Waals surface area contributed by atoms with E-state index in [2.05, 4.69) is 30.6 Å². The summed E-state index contributed by atoms with van der Waals surface area (Å²) in [4.78, 5) is 14.0. The molecule has 1 aliphatic rings. The lowest BCUT2D eigenvalue weighted by Gasteiger charge is -2.21. The molecule has 1 unspecified atom stereocenters. The summed E-state index contributed by atoms with van der Waals surface area (Å²) in [6.07, 6.45) is -0.917. The quantitative estimate of drug-likeness (QED) is 0.602. The molecule has 7 nitrogen and oxygen atoms in total. The largest absolute Gasteiger partial charge is 0.438 e. The van der Waals surface area contributed by atoms with Crippen molar-refractivity contribution in [1.29, 1.82) is 0 Å². The first-order valence-corrected chi connectivity index (χ1v) is 7.97. The summed E-state index contributed by atoms with van der Waals surface area (Å²) in [6.45, 7) is 2.02. The third-order valence-electron chi connectivity index (χ3n) is 4.58. The minimum absolute atomic E-state index is 0.167. The van der Waals surface area contributed by atoms with Crippen molar-refractivity contribution in [2.75, 3.05) is 0 Å². The van der Waals surface area contributed by atoms with Gasteiger partial charge in [-0.25, -0.2) is 4.79 Å². The number of rotatable bonds is 3. The zero-order valence-electron chi connectivity index (χ0n) is 12.2. The van der Waals surface area contributed by atoms with Crippen molar-refractivity contribution in [3.05, 3.63) is 50.8 Å². The van der Waals surface area contributed by atoms with Crippen LogP contribution in [0.1, 0.15) is 31.2 Å². The van der Waals surface area contributed by atoms with Crippen molar-refractivity contribution < 1.29 is 14.7 Å². The number of aromatic amines is 1. The Morgan fingerprint density at radius 3 is 2.78 bits per heavy atom. The van der Waals surface area contributed by atoms with E-state index in [0.29, 0.717) is 11.5 Å². The van der Waals surface area contributed by atoms with E-state index >= 15 is 0 Å². The van der Waals surface area contributed by atoms with Gasteiger partial charge in [-0.05, 0) is 36.6 Å². The summed E-state index contributed by atoms with van der Waals surface area (Å²) < 4.78 is 7.40. The van der Waals surface area contributed by atoms with E-state index in [1.54, 1.807) is 6.07 Å². The molecule has 1 aliphatic carbocycles. The fourth-order valence-corrected chi connectivity index (χ4v) is 3.79. The summed E-state index contributed by atoms with van der Waals surface area (Å²) in [5, 5.41) is 24.3. The van der Waals surface area contributed by atoms with Gasteiger partial charge in [0.25, 0.3) is 0 Å². The van der Waals surface area contributed by atoms with Crippen LogP contribution in [0.5, 0.6) is 0 Å². The SMILES string of the molecule is CC1C[C@]1(c1noc(=O)[nH]1)n1c(C(O)O)cc2cc(Br)ccc21. The van der Waals surface area contributed by atoms with Crippen LogP contribution in [-0.2, 0) is 5.54 Å². The zero-order valence-corrected chi connectivity index (χ0v) is 13.7. The van der Waals surface area contributed by atoms with Crippen LogP contribution in [0.15, 0.2) is 38.1 Å². The average molecular weight is 380 g/mol. The number of hydrogen-bond donors (Lipinski definition) is 3. The summed E-state index contributed by atoms with van der Waals surface area (Å²) in [5.41, 5.74) is 0.552. The molecule has 3 N–H and O–H groups in total. The van der Waals surface area contributed by atoms with E-state index in [1.807, 2.05) is 29.7 Å². The molecule has 4 rings (SSSR count). The number of nitrogens with one attached hydrogen (secondary N) is 1. The maximum atomic E-state index is 11.4. The zero-order chi connectivity index (χ0) is 16.4. The fraction of sp³-hybridized carbons (Fsp3) is 0.333. The van der Waals surface area contributed by atoms with Gasteiger partial charge in [-0.15, -0.1) is 0 Å². The molecular weight excluding hydrogens is 366 g/mol. The maximum absolute atomic E-state index is 11.4. The first kappa shape index (κ1) is 14.7. The van der Waals surface area contributed by atoms with Crippen molar-refractivity contribution in [3.63, 3.8) is 0 Å². The van der Waals surface area contributed by atoms with E-state index < -0.39 is 17.6 Å². The monoisotopic (exact) mass is 379 g/mol. The van der Waals surface area contributed by atoms with Gasteiger partial charge < -0.3 is 14.8 Å². The highest BCUT2D eigenvalue weighted by Crippen LogP contribution is 2.56. The number of fused-ring (bicyclic) bond motifs is 1. The van der Waals surface area contributed by atoms with Crippen LogP contribution in [0.25, 0.3) is 10.9 Å². The van der Waals surface area contributed by atoms with Crippen LogP contribution in [0.4, 0.5) is 0 Å². The van der Waals surface area contributed by atoms with Crippen molar-refractivity contribution in [2.45, 2.75) is 25.2 Å². The van der Waals surface area contributed by atoms with E-state index in [0.717, 1.165) is 21.8 Å². The van der Waals surface area contributed by atoms with Gasteiger partial charge >= 0.3 is 5.76 Å². The molecule has 0 amide bonds. The molecule has 2 atom stereocenters. The first-order valence-electron chi connectivity index (χ1n) is 7.17. The molecule has 120 valence electrons. The van der Waals surface area contributed by atoms with Crippen LogP contribution in [0, 0.1) is 5.92 Å². The third-order valence-corrected chi connectivity index (χ3v) is 5.07. The molecule has 1 saturated carbocycles. The van der Waals surface area contributed by atoms with Crippen LogP contribution in [0.3, 0.4) is 0 Å². The predicted octanol–water partition coefficient (Wildman–Crippen LogP) is 1.85.